The summed E-state index contributed by atoms with van der Waals surface area (Å²) in [6.07, 6.45) is 0.464. The predicted octanol–water partition coefficient (Wildman–Crippen LogP) is 1.80. The Balaban J connectivity index is 2.38. The number of aldehydes is 1. The lowest BCUT2D eigenvalue weighted by Crippen LogP contribution is -2.45. The van der Waals surface area contributed by atoms with Crippen molar-refractivity contribution in [3.8, 4) is 0 Å². The molecule has 1 amide bonds. The summed E-state index contributed by atoms with van der Waals surface area (Å²) in [5.74, 6) is -1.42. The number of hydrogen-bond donors (Lipinski definition) is 1. The lowest BCUT2D eigenvalue weighted by atomic mass is 10.1. The Morgan fingerprint density at radius 2 is 2.00 bits per heavy atom. The summed E-state index contributed by atoms with van der Waals surface area (Å²) < 4.78 is 42.7. The van der Waals surface area contributed by atoms with Crippen LogP contribution in [0, 0.1) is 5.82 Å². The molecule has 1 fully saturated rings. The van der Waals surface area contributed by atoms with Crippen LogP contribution in [0.25, 0.3) is 0 Å². The lowest BCUT2D eigenvalue weighted by Gasteiger charge is -2.22. The molecule has 3 atom stereocenters. The van der Waals surface area contributed by atoms with Crippen LogP contribution in [-0.2, 0) is 19.4 Å². The maximum Gasteiger partial charge on any atom is 0.408 e. The van der Waals surface area contributed by atoms with E-state index in [4.69, 9.17) is 4.74 Å². The van der Waals surface area contributed by atoms with E-state index in [0.29, 0.717) is 11.8 Å². The third-order valence-corrected chi connectivity index (χ3v) is 5.35. The van der Waals surface area contributed by atoms with Crippen molar-refractivity contribution in [1.82, 2.24) is 5.32 Å². The fourth-order valence-electron chi connectivity index (χ4n) is 2.93. The molecule has 24 heavy (non-hydrogen) atoms. The molecule has 0 unspecified atom stereocenters. The minimum atomic E-state index is -3.67. The zero-order valence-corrected chi connectivity index (χ0v) is 14.7. The molecule has 0 heterocycles. The Hall–Kier alpha value is -1.96. The Bertz CT molecular complexity index is 771. The van der Waals surface area contributed by atoms with Gasteiger partial charge >= 0.3 is 6.09 Å². The zero-order valence-electron chi connectivity index (χ0n) is 13.9. The van der Waals surface area contributed by atoms with Crippen LogP contribution >= 0.6 is 0 Å². The number of rotatable bonds is 4. The SMILES string of the molecule is CC(C)(C)OC(=O)N[C@]1(C=O)[C@H](c2cccc(F)c2)[C@@H]1S(C)(=O)=O. The second-order valence-electron chi connectivity index (χ2n) is 6.96. The number of hydrogen-bond acceptors (Lipinski definition) is 5. The van der Waals surface area contributed by atoms with E-state index in [-0.39, 0.29) is 0 Å². The number of sulfone groups is 1. The van der Waals surface area contributed by atoms with E-state index < -0.39 is 44.1 Å². The maximum atomic E-state index is 13.5. The van der Waals surface area contributed by atoms with Crippen LogP contribution in [0.3, 0.4) is 0 Å². The van der Waals surface area contributed by atoms with Crippen molar-refractivity contribution in [2.75, 3.05) is 6.26 Å². The first-order valence-electron chi connectivity index (χ1n) is 7.32. The summed E-state index contributed by atoms with van der Waals surface area (Å²) >= 11 is 0. The Labute approximate surface area is 140 Å². The van der Waals surface area contributed by atoms with Crippen molar-refractivity contribution in [2.45, 2.75) is 43.1 Å². The monoisotopic (exact) mass is 357 g/mol. The van der Waals surface area contributed by atoms with E-state index in [1.165, 1.54) is 18.2 Å². The first kappa shape index (κ1) is 18.4. The number of carbonyl (C=O) groups is 2. The Morgan fingerprint density at radius 1 is 1.38 bits per heavy atom. The number of amides is 1. The van der Waals surface area contributed by atoms with Gasteiger partial charge in [-0.15, -0.1) is 0 Å². The number of carbonyl (C=O) groups excluding carboxylic acids is 2. The van der Waals surface area contributed by atoms with Gasteiger partial charge in [0.05, 0.1) is 0 Å². The van der Waals surface area contributed by atoms with Gasteiger partial charge in [0.1, 0.15) is 28.5 Å². The molecule has 1 aromatic rings. The van der Waals surface area contributed by atoms with Crippen molar-refractivity contribution >= 4 is 22.2 Å². The summed E-state index contributed by atoms with van der Waals surface area (Å²) in [6, 6.07) is 5.31. The van der Waals surface area contributed by atoms with Crippen LogP contribution in [0.5, 0.6) is 0 Å². The topological polar surface area (TPSA) is 89.5 Å². The molecule has 0 radical (unpaired) electrons. The number of ether oxygens (including phenoxy) is 1. The average molecular weight is 357 g/mol. The molecule has 1 saturated carbocycles. The lowest BCUT2D eigenvalue weighted by molar-refractivity contribution is -0.110. The quantitative estimate of drug-likeness (QED) is 0.830. The molecular weight excluding hydrogens is 337 g/mol. The summed E-state index contributed by atoms with van der Waals surface area (Å²) in [7, 11) is -3.67. The largest absolute Gasteiger partial charge is 0.444 e. The summed E-state index contributed by atoms with van der Waals surface area (Å²) in [5, 5.41) is 1.20. The summed E-state index contributed by atoms with van der Waals surface area (Å²) in [5.41, 5.74) is -2.14. The highest BCUT2D eigenvalue weighted by Crippen LogP contribution is 2.54. The van der Waals surface area contributed by atoms with E-state index in [2.05, 4.69) is 5.32 Å². The van der Waals surface area contributed by atoms with E-state index in [9.17, 15) is 22.4 Å². The molecule has 1 N–H and O–H groups in total. The number of nitrogens with one attached hydrogen (secondary N) is 1. The minimum absolute atomic E-state index is 0.327. The molecule has 0 saturated heterocycles. The fourth-order valence-corrected chi connectivity index (χ4v) is 4.69. The first-order chi connectivity index (χ1) is 10.9. The van der Waals surface area contributed by atoms with Crippen molar-refractivity contribution in [2.24, 2.45) is 0 Å². The molecule has 0 bridgehead atoms. The molecule has 0 spiro atoms. The highest BCUT2D eigenvalue weighted by Gasteiger charge is 2.72. The van der Waals surface area contributed by atoms with Gasteiger partial charge in [0.2, 0.25) is 0 Å². The van der Waals surface area contributed by atoms with E-state index in [1.807, 2.05) is 0 Å². The number of alkyl carbamates (subject to hydrolysis) is 1. The van der Waals surface area contributed by atoms with Gasteiger partial charge < -0.3 is 14.8 Å². The average Bonchev–Trinajstić information content (AvgIpc) is 3.05. The third kappa shape index (κ3) is 3.58. The molecule has 132 valence electrons. The fraction of sp³-hybridized carbons (Fsp3) is 0.500. The van der Waals surface area contributed by atoms with Crippen LogP contribution in [0.1, 0.15) is 32.3 Å². The van der Waals surface area contributed by atoms with Gasteiger partial charge in [-0.2, -0.15) is 0 Å². The second-order valence-corrected chi connectivity index (χ2v) is 9.13. The second kappa shape index (κ2) is 5.84. The van der Waals surface area contributed by atoms with Gasteiger partial charge in [0, 0.05) is 12.2 Å². The molecular formula is C16H20FNO5S. The molecule has 0 aromatic heterocycles. The van der Waals surface area contributed by atoms with Crippen LogP contribution in [0.2, 0.25) is 0 Å². The minimum Gasteiger partial charge on any atom is -0.444 e. The van der Waals surface area contributed by atoms with Crippen LogP contribution < -0.4 is 5.32 Å². The van der Waals surface area contributed by atoms with E-state index in [1.54, 1.807) is 20.8 Å². The van der Waals surface area contributed by atoms with Crippen molar-refractivity contribution in [3.05, 3.63) is 35.6 Å². The zero-order chi connectivity index (χ0) is 18.3. The number of benzene rings is 1. The molecule has 8 heteroatoms. The van der Waals surface area contributed by atoms with Crippen molar-refractivity contribution in [1.29, 1.82) is 0 Å². The normalized spacial score (nSPS) is 26.5. The van der Waals surface area contributed by atoms with Gasteiger partial charge in [-0.25, -0.2) is 17.6 Å². The van der Waals surface area contributed by atoms with Crippen molar-refractivity contribution in [3.63, 3.8) is 0 Å². The van der Waals surface area contributed by atoms with Gasteiger partial charge in [0.15, 0.2) is 9.84 Å². The van der Waals surface area contributed by atoms with Gasteiger partial charge in [-0.3, -0.25) is 0 Å². The third-order valence-electron chi connectivity index (χ3n) is 3.76. The van der Waals surface area contributed by atoms with Crippen LogP contribution in [0.4, 0.5) is 9.18 Å². The van der Waals surface area contributed by atoms with Crippen molar-refractivity contribution < 1.29 is 27.1 Å². The van der Waals surface area contributed by atoms with Gasteiger partial charge in [0.25, 0.3) is 0 Å². The number of halogens is 1. The van der Waals surface area contributed by atoms with Crippen LogP contribution in [-0.4, -0.2) is 43.4 Å². The summed E-state index contributed by atoms with van der Waals surface area (Å²) in [6.45, 7) is 4.93. The molecule has 1 aliphatic carbocycles. The van der Waals surface area contributed by atoms with E-state index in [0.717, 1.165) is 12.3 Å². The highest BCUT2D eigenvalue weighted by molar-refractivity contribution is 7.91. The molecule has 1 aliphatic rings. The van der Waals surface area contributed by atoms with Gasteiger partial charge in [-0.05, 0) is 38.5 Å². The molecule has 2 rings (SSSR count). The smallest absolute Gasteiger partial charge is 0.408 e. The maximum absolute atomic E-state index is 13.5. The van der Waals surface area contributed by atoms with Crippen LogP contribution in [0.15, 0.2) is 24.3 Å². The Morgan fingerprint density at radius 3 is 2.46 bits per heavy atom. The highest BCUT2D eigenvalue weighted by atomic mass is 32.2. The molecule has 6 nitrogen and oxygen atoms in total. The Kier molecular flexibility index (Phi) is 4.47. The standard InChI is InChI=1S/C16H20FNO5S/c1-15(2,3)23-14(20)18-16(9-19)12(13(16)24(4,21)22)10-6-5-7-11(17)8-10/h5-9,12-13H,1-4H3,(H,18,20)/t12-,13+,16-/m1/s1. The first-order valence-corrected chi connectivity index (χ1v) is 9.28. The molecule has 0 aliphatic heterocycles. The summed E-state index contributed by atoms with van der Waals surface area (Å²) in [4.78, 5) is 23.7. The van der Waals surface area contributed by atoms with E-state index >= 15 is 0 Å². The van der Waals surface area contributed by atoms with Gasteiger partial charge in [-0.1, -0.05) is 12.1 Å². The molecule has 1 aromatic carbocycles. The predicted molar refractivity (Wildman–Crippen MR) is 85.9 cm³/mol.